The molecule has 9 nitrogen and oxygen atoms in total. The summed E-state index contributed by atoms with van der Waals surface area (Å²) in [4.78, 5) is 25.2. The number of fused-ring (bicyclic) bond motifs is 1. The number of nitrogens with one attached hydrogen (secondary N) is 2. The number of non-ortho nitro benzene ring substituents is 1. The van der Waals surface area contributed by atoms with E-state index in [0.29, 0.717) is 29.2 Å². The van der Waals surface area contributed by atoms with E-state index in [1.165, 1.54) is 23.3 Å². The second-order valence-electron chi connectivity index (χ2n) is 9.69. The van der Waals surface area contributed by atoms with E-state index in [1.807, 2.05) is 18.2 Å². The van der Waals surface area contributed by atoms with Gasteiger partial charge >= 0.3 is 0 Å². The molecule has 0 atom stereocenters. The van der Waals surface area contributed by atoms with Crippen molar-refractivity contribution < 1.29 is 4.92 Å². The maximum Gasteiger partial charge on any atom is 0.271 e. The minimum absolute atomic E-state index is 0.00651. The molecule has 1 fully saturated rings. The van der Waals surface area contributed by atoms with Crippen LogP contribution in [0.3, 0.4) is 0 Å². The maximum absolute atomic E-state index is 11.3. The van der Waals surface area contributed by atoms with Crippen molar-refractivity contribution in [2.75, 3.05) is 56.9 Å². The van der Waals surface area contributed by atoms with E-state index in [1.54, 1.807) is 6.07 Å². The van der Waals surface area contributed by atoms with Gasteiger partial charge in [-0.2, -0.15) is 0 Å². The lowest BCUT2D eigenvalue weighted by Gasteiger charge is -2.32. The van der Waals surface area contributed by atoms with Crippen LogP contribution in [0.2, 0.25) is 0 Å². The average molecular weight is 512 g/mol. The molecule has 1 saturated heterocycles. The predicted octanol–water partition coefficient (Wildman–Crippen LogP) is 4.87. The van der Waals surface area contributed by atoms with Crippen LogP contribution in [0.5, 0.6) is 0 Å². The van der Waals surface area contributed by atoms with Crippen LogP contribution in [0.15, 0.2) is 72.8 Å². The summed E-state index contributed by atoms with van der Waals surface area (Å²) in [7, 11) is 2.16. The van der Waals surface area contributed by atoms with Crippen molar-refractivity contribution in [1.29, 1.82) is 0 Å². The van der Waals surface area contributed by atoms with Gasteiger partial charge in [0.05, 0.1) is 16.0 Å². The number of benzene rings is 3. The zero-order valence-corrected chi connectivity index (χ0v) is 21.6. The molecule has 0 bridgehead atoms. The lowest BCUT2D eigenvalue weighted by atomic mass is 10.0. The van der Waals surface area contributed by atoms with E-state index >= 15 is 0 Å². The predicted molar refractivity (Wildman–Crippen MR) is 152 cm³/mol. The summed E-state index contributed by atoms with van der Waals surface area (Å²) in [6, 6.07) is 23.3. The Labute approximate surface area is 222 Å². The molecular formula is C29H33N7O2. The Morgan fingerprint density at radius 2 is 1.53 bits per heavy atom. The molecule has 5 rings (SSSR count). The summed E-state index contributed by atoms with van der Waals surface area (Å²) in [5.74, 6) is 1.25. The number of hydrogen-bond acceptors (Lipinski definition) is 8. The van der Waals surface area contributed by atoms with Gasteiger partial charge in [0.25, 0.3) is 5.69 Å². The lowest BCUT2D eigenvalue weighted by Crippen LogP contribution is -2.44. The smallest absolute Gasteiger partial charge is 0.271 e. The van der Waals surface area contributed by atoms with Crippen LogP contribution in [0.1, 0.15) is 12.0 Å². The summed E-state index contributed by atoms with van der Waals surface area (Å²) in [5, 5.41) is 18.1. The molecular weight excluding hydrogens is 478 g/mol. The largest absolute Gasteiger partial charge is 0.367 e. The van der Waals surface area contributed by atoms with Crippen molar-refractivity contribution in [1.82, 2.24) is 19.8 Å². The average Bonchev–Trinajstić information content (AvgIpc) is 2.95. The number of anilines is 2. The van der Waals surface area contributed by atoms with Crippen molar-refractivity contribution in [3.63, 3.8) is 0 Å². The minimum atomic E-state index is -0.407. The number of nitro benzene ring substituents is 1. The molecule has 9 heteroatoms. The van der Waals surface area contributed by atoms with Crippen molar-refractivity contribution in [3.05, 3.63) is 88.5 Å². The highest BCUT2D eigenvalue weighted by Crippen LogP contribution is 2.26. The molecule has 0 spiro atoms. The van der Waals surface area contributed by atoms with Gasteiger partial charge in [0.15, 0.2) is 11.6 Å². The van der Waals surface area contributed by atoms with Crippen LogP contribution < -0.4 is 10.6 Å². The molecule has 0 amide bonds. The van der Waals surface area contributed by atoms with E-state index in [4.69, 9.17) is 9.97 Å². The van der Waals surface area contributed by atoms with Crippen LogP contribution in [-0.4, -0.2) is 71.0 Å². The van der Waals surface area contributed by atoms with Gasteiger partial charge in [0, 0.05) is 51.4 Å². The first-order chi connectivity index (χ1) is 18.5. The monoisotopic (exact) mass is 511 g/mol. The third-order valence-corrected chi connectivity index (χ3v) is 6.92. The van der Waals surface area contributed by atoms with Crippen LogP contribution in [0.25, 0.3) is 22.2 Å². The number of hydrogen-bond donors (Lipinski definition) is 2. The number of rotatable bonds is 10. The fourth-order valence-electron chi connectivity index (χ4n) is 4.62. The summed E-state index contributed by atoms with van der Waals surface area (Å²) in [5.41, 5.74) is 4.59. The highest BCUT2D eigenvalue weighted by Gasteiger charge is 2.15. The van der Waals surface area contributed by atoms with Crippen molar-refractivity contribution in [3.8, 4) is 11.1 Å². The first kappa shape index (κ1) is 25.6. The molecule has 2 N–H and O–H groups in total. The van der Waals surface area contributed by atoms with Gasteiger partial charge in [-0.25, -0.2) is 9.97 Å². The zero-order chi connectivity index (χ0) is 26.3. The van der Waals surface area contributed by atoms with Gasteiger partial charge < -0.3 is 20.4 Å². The molecule has 196 valence electrons. The second kappa shape index (κ2) is 12.0. The molecule has 38 heavy (non-hydrogen) atoms. The molecule has 0 unspecified atom stereocenters. The second-order valence-corrected chi connectivity index (χ2v) is 9.69. The van der Waals surface area contributed by atoms with Crippen LogP contribution in [-0.2, 0) is 6.54 Å². The Bertz CT molecular complexity index is 1370. The first-order valence-electron chi connectivity index (χ1n) is 13.0. The molecule has 0 radical (unpaired) electrons. The Morgan fingerprint density at radius 1 is 0.842 bits per heavy atom. The van der Waals surface area contributed by atoms with Crippen LogP contribution >= 0.6 is 0 Å². The van der Waals surface area contributed by atoms with Gasteiger partial charge in [-0.3, -0.25) is 10.1 Å². The Kier molecular flexibility index (Phi) is 8.06. The van der Waals surface area contributed by atoms with E-state index in [2.05, 4.69) is 63.9 Å². The molecule has 3 aromatic carbocycles. The zero-order valence-electron chi connectivity index (χ0n) is 21.6. The number of nitrogens with zero attached hydrogens (tertiary/aromatic N) is 5. The van der Waals surface area contributed by atoms with Crippen molar-refractivity contribution in [2.45, 2.75) is 13.0 Å². The Morgan fingerprint density at radius 3 is 2.26 bits per heavy atom. The standard InChI is InChI=1S/C29H33N7O2/c1-34-16-18-35(19-17-34)15-5-14-30-28-29(32-26-13-12-25(36(37)38)20-27(26)33-28)31-21-22-8-10-24(11-9-22)23-6-3-2-4-7-23/h2-4,6-13,20H,5,14-19,21H2,1H3,(H,30,33)(H,31,32). The summed E-state index contributed by atoms with van der Waals surface area (Å²) < 4.78 is 0. The highest BCUT2D eigenvalue weighted by atomic mass is 16.6. The highest BCUT2D eigenvalue weighted by molar-refractivity contribution is 5.82. The van der Waals surface area contributed by atoms with Gasteiger partial charge in [-0.1, -0.05) is 54.6 Å². The summed E-state index contributed by atoms with van der Waals surface area (Å²) in [6.07, 6.45) is 0.971. The fourth-order valence-corrected chi connectivity index (χ4v) is 4.62. The quantitative estimate of drug-likeness (QED) is 0.177. The molecule has 0 saturated carbocycles. The van der Waals surface area contributed by atoms with E-state index in [9.17, 15) is 10.1 Å². The van der Waals surface area contributed by atoms with Gasteiger partial charge in [0.1, 0.15) is 0 Å². The van der Waals surface area contributed by atoms with E-state index < -0.39 is 4.92 Å². The van der Waals surface area contributed by atoms with Gasteiger partial charge in [-0.15, -0.1) is 0 Å². The SMILES string of the molecule is CN1CCN(CCCNc2nc3cc([N+](=O)[O-])ccc3nc2NCc2ccc(-c3ccccc3)cc2)CC1. The number of aromatic nitrogens is 2. The summed E-state index contributed by atoms with van der Waals surface area (Å²) >= 11 is 0. The molecule has 4 aromatic rings. The van der Waals surface area contributed by atoms with Crippen LogP contribution in [0, 0.1) is 10.1 Å². The van der Waals surface area contributed by atoms with Gasteiger partial charge in [-0.05, 0) is 42.8 Å². The fraction of sp³-hybridized carbons (Fsp3) is 0.310. The maximum atomic E-state index is 11.3. The number of piperazine rings is 1. The third kappa shape index (κ3) is 6.42. The molecule has 1 aromatic heterocycles. The number of nitro groups is 1. The molecule has 1 aliphatic rings. The van der Waals surface area contributed by atoms with E-state index in [-0.39, 0.29) is 5.69 Å². The Hall–Kier alpha value is -4.08. The Balaban J connectivity index is 1.28. The number of likely N-dealkylation sites (N-methyl/N-ethyl adjacent to an activating group) is 1. The molecule has 2 heterocycles. The molecule has 0 aliphatic carbocycles. The first-order valence-corrected chi connectivity index (χ1v) is 13.0. The normalized spacial score (nSPS) is 14.4. The molecule has 1 aliphatic heterocycles. The van der Waals surface area contributed by atoms with Crippen LogP contribution in [0.4, 0.5) is 17.3 Å². The van der Waals surface area contributed by atoms with Crippen molar-refractivity contribution >= 4 is 28.4 Å². The minimum Gasteiger partial charge on any atom is -0.367 e. The lowest BCUT2D eigenvalue weighted by molar-refractivity contribution is -0.384. The third-order valence-electron chi connectivity index (χ3n) is 6.92. The van der Waals surface area contributed by atoms with Crippen molar-refractivity contribution in [2.24, 2.45) is 0 Å². The summed E-state index contributed by atoms with van der Waals surface area (Å²) in [6.45, 7) is 6.72. The van der Waals surface area contributed by atoms with E-state index in [0.717, 1.165) is 51.3 Å². The topological polar surface area (TPSA) is 99.5 Å². The van der Waals surface area contributed by atoms with Gasteiger partial charge in [0.2, 0.25) is 0 Å².